The lowest BCUT2D eigenvalue weighted by Crippen LogP contribution is -2.30. The van der Waals surface area contributed by atoms with Gasteiger partial charge in [-0.05, 0) is 32.0 Å². The monoisotopic (exact) mass is 271 g/mol. The van der Waals surface area contributed by atoms with Crippen molar-refractivity contribution < 1.29 is 14.3 Å². The number of esters is 1. The van der Waals surface area contributed by atoms with Crippen LogP contribution < -0.4 is 5.32 Å². The molecule has 0 aromatic heterocycles. The Labute approximate surface area is 112 Å². The van der Waals surface area contributed by atoms with Gasteiger partial charge in [0.15, 0.2) is 0 Å². The van der Waals surface area contributed by atoms with Gasteiger partial charge in [0.25, 0.3) is 0 Å². The summed E-state index contributed by atoms with van der Waals surface area (Å²) in [6.07, 6.45) is 0.0196. The van der Waals surface area contributed by atoms with E-state index in [9.17, 15) is 4.79 Å². The van der Waals surface area contributed by atoms with Gasteiger partial charge in [-0.15, -0.1) is 0 Å². The first-order valence-corrected chi connectivity index (χ1v) is 6.04. The van der Waals surface area contributed by atoms with Crippen molar-refractivity contribution in [1.29, 1.82) is 0 Å². The summed E-state index contributed by atoms with van der Waals surface area (Å²) in [5.41, 5.74) is 1.10. The highest BCUT2D eigenvalue weighted by Crippen LogP contribution is 2.22. The Kier molecular flexibility index (Phi) is 5.44. The fraction of sp³-hybridized carbons (Fsp3) is 0.462. The normalized spacial score (nSPS) is 13.8. The molecule has 4 nitrogen and oxygen atoms in total. The van der Waals surface area contributed by atoms with Gasteiger partial charge < -0.3 is 14.8 Å². The third-order valence-corrected chi connectivity index (χ3v) is 3.08. The van der Waals surface area contributed by atoms with Crippen LogP contribution in [-0.2, 0) is 9.47 Å². The molecule has 2 unspecified atom stereocenters. The molecular weight excluding hydrogens is 254 g/mol. The van der Waals surface area contributed by atoms with E-state index < -0.39 is 5.97 Å². The van der Waals surface area contributed by atoms with Gasteiger partial charge in [0.2, 0.25) is 0 Å². The minimum atomic E-state index is -0.419. The second-order valence-corrected chi connectivity index (χ2v) is 4.49. The van der Waals surface area contributed by atoms with E-state index in [4.69, 9.17) is 21.1 Å². The van der Waals surface area contributed by atoms with Crippen LogP contribution in [0, 0.1) is 0 Å². The summed E-state index contributed by atoms with van der Waals surface area (Å²) in [5, 5.41) is 3.71. The average Bonchev–Trinajstić information content (AvgIpc) is 2.38. The van der Waals surface area contributed by atoms with Gasteiger partial charge in [-0.25, -0.2) is 4.79 Å². The zero-order valence-corrected chi connectivity index (χ0v) is 11.7. The van der Waals surface area contributed by atoms with E-state index >= 15 is 0 Å². The largest absolute Gasteiger partial charge is 0.465 e. The van der Waals surface area contributed by atoms with Gasteiger partial charge in [-0.1, -0.05) is 11.6 Å². The SMILES string of the molecule is COC(=O)c1cc(Cl)ccc1NC(C)C(C)OC. The van der Waals surface area contributed by atoms with Crippen LogP contribution in [0.5, 0.6) is 0 Å². The molecule has 100 valence electrons. The predicted octanol–water partition coefficient (Wildman–Crippen LogP) is 2.96. The smallest absolute Gasteiger partial charge is 0.340 e. The second kappa shape index (κ2) is 6.61. The maximum Gasteiger partial charge on any atom is 0.340 e. The molecule has 0 saturated heterocycles. The maximum absolute atomic E-state index is 11.7. The molecule has 1 rings (SSSR count). The molecule has 1 aromatic rings. The third-order valence-electron chi connectivity index (χ3n) is 2.85. The second-order valence-electron chi connectivity index (χ2n) is 4.06. The van der Waals surface area contributed by atoms with E-state index in [0.717, 1.165) is 0 Å². The number of carbonyl (C=O) groups excluding carboxylic acids is 1. The number of carbonyl (C=O) groups is 1. The zero-order chi connectivity index (χ0) is 13.7. The number of anilines is 1. The molecular formula is C13H18ClNO3. The first kappa shape index (κ1) is 14.8. The van der Waals surface area contributed by atoms with Crippen LogP contribution in [0.4, 0.5) is 5.69 Å². The van der Waals surface area contributed by atoms with E-state index in [1.165, 1.54) is 7.11 Å². The Morgan fingerprint density at radius 3 is 2.56 bits per heavy atom. The minimum Gasteiger partial charge on any atom is -0.465 e. The molecule has 0 spiro atoms. The molecule has 2 atom stereocenters. The number of rotatable bonds is 5. The highest BCUT2D eigenvalue weighted by Gasteiger charge is 2.16. The fourth-order valence-corrected chi connectivity index (χ4v) is 1.66. The Balaban J connectivity index is 2.98. The summed E-state index contributed by atoms with van der Waals surface area (Å²) in [6, 6.07) is 5.12. The van der Waals surface area contributed by atoms with Gasteiger partial charge in [-0.3, -0.25) is 0 Å². The first-order chi connectivity index (χ1) is 8.49. The summed E-state index contributed by atoms with van der Waals surface area (Å²) in [7, 11) is 2.99. The minimum absolute atomic E-state index is 0.0196. The van der Waals surface area contributed by atoms with Crippen molar-refractivity contribution in [3.8, 4) is 0 Å². The number of hydrogen-bond donors (Lipinski definition) is 1. The Bertz CT molecular complexity index is 423. The van der Waals surface area contributed by atoms with Gasteiger partial charge in [0.1, 0.15) is 0 Å². The molecule has 0 aliphatic rings. The van der Waals surface area contributed by atoms with Crippen LogP contribution in [-0.4, -0.2) is 32.3 Å². The van der Waals surface area contributed by atoms with Gasteiger partial charge in [-0.2, -0.15) is 0 Å². The quantitative estimate of drug-likeness (QED) is 0.837. The lowest BCUT2D eigenvalue weighted by atomic mass is 10.1. The van der Waals surface area contributed by atoms with Crippen molar-refractivity contribution in [2.45, 2.75) is 26.0 Å². The summed E-state index contributed by atoms with van der Waals surface area (Å²) >= 11 is 5.88. The Morgan fingerprint density at radius 1 is 1.33 bits per heavy atom. The molecule has 0 saturated carbocycles. The highest BCUT2D eigenvalue weighted by atomic mass is 35.5. The summed E-state index contributed by atoms with van der Waals surface area (Å²) in [5.74, 6) is -0.419. The van der Waals surface area contributed by atoms with Gasteiger partial charge >= 0.3 is 5.97 Å². The molecule has 18 heavy (non-hydrogen) atoms. The lowest BCUT2D eigenvalue weighted by molar-refractivity contribution is 0.0601. The standard InChI is InChI=1S/C13H18ClNO3/c1-8(9(2)17-3)15-12-6-5-10(14)7-11(12)13(16)18-4/h5-9,15H,1-4H3. The number of nitrogens with one attached hydrogen (secondary N) is 1. The van der Waals surface area contributed by atoms with Crippen LogP contribution in [0.1, 0.15) is 24.2 Å². The molecule has 1 N–H and O–H groups in total. The van der Waals surface area contributed by atoms with Crippen molar-refractivity contribution in [2.24, 2.45) is 0 Å². The molecule has 5 heteroatoms. The first-order valence-electron chi connectivity index (χ1n) is 5.66. The average molecular weight is 272 g/mol. The summed E-state index contributed by atoms with van der Waals surface area (Å²) in [4.78, 5) is 11.7. The molecule has 0 aliphatic carbocycles. The van der Waals surface area contributed by atoms with E-state index in [1.807, 2.05) is 13.8 Å². The molecule has 0 amide bonds. The van der Waals surface area contributed by atoms with Crippen LogP contribution in [0.25, 0.3) is 0 Å². The number of halogens is 1. The fourth-order valence-electron chi connectivity index (χ4n) is 1.49. The van der Waals surface area contributed by atoms with E-state index in [2.05, 4.69) is 5.32 Å². The van der Waals surface area contributed by atoms with Gasteiger partial charge in [0, 0.05) is 23.9 Å². The molecule has 0 radical (unpaired) electrons. The van der Waals surface area contributed by atoms with E-state index in [1.54, 1.807) is 25.3 Å². The van der Waals surface area contributed by atoms with Crippen LogP contribution >= 0.6 is 11.6 Å². The van der Waals surface area contributed by atoms with Crippen LogP contribution in [0.3, 0.4) is 0 Å². The number of hydrogen-bond acceptors (Lipinski definition) is 4. The maximum atomic E-state index is 11.7. The van der Waals surface area contributed by atoms with Crippen molar-refractivity contribution >= 4 is 23.3 Å². The van der Waals surface area contributed by atoms with E-state index in [-0.39, 0.29) is 12.1 Å². The topological polar surface area (TPSA) is 47.6 Å². The lowest BCUT2D eigenvalue weighted by Gasteiger charge is -2.22. The van der Waals surface area contributed by atoms with Gasteiger partial charge in [0.05, 0.1) is 18.8 Å². The van der Waals surface area contributed by atoms with E-state index in [0.29, 0.717) is 16.3 Å². The molecule has 0 aliphatic heterocycles. The van der Waals surface area contributed by atoms with Crippen LogP contribution in [0.15, 0.2) is 18.2 Å². The summed E-state index contributed by atoms with van der Waals surface area (Å²) in [6.45, 7) is 3.93. The zero-order valence-electron chi connectivity index (χ0n) is 11.0. The number of ether oxygens (including phenoxy) is 2. The van der Waals surface area contributed by atoms with Crippen LogP contribution in [0.2, 0.25) is 5.02 Å². The Hall–Kier alpha value is -1.26. The van der Waals surface area contributed by atoms with Crippen molar-refractivity contribution in [3.63, 3.8) is 0 Å². The molecule has 0 fully saturated rings. The molecule has 0 heterocycles. The molecule has 1 aromatic carbocycles. The third kappa shape index (κ3) is 3.62. The highest BCUT2D eigenvalue weighted by molar-refractivity contribution is 6.31. The van der Waals surface area contributed by atoms with Crippen molar-refractivity contribution in [3.05, 3.63) is 28.8 Å². The summed E-state index contributed by atoms with van der Waals surface area (Å²) < 4.78 is 9.96. The predicted molar refractivity (Wildman–Crippen MR) is 72.3 cm³/mol. The number of methoxy groups -OCH3 is 2. The molecule has 0 bridgehead atoms. The van der Waals surface area contributed by atoms with Crippen molar-refractivity contribution in [2.75, 3.05) is 19.5 Å². The Morgan fingerprint density at radius 2 is 2.00 bits per heavy atom. The van der Waals surface area contributed by atoms with Crippen molar-refractivity contribution in [1.82, 2.24) is 0 Å². The number of benzene rings is 1.